The normalized spacial score (nSPS) is 15.9. The monoisotopic (exact) mass is 414 g/mol. The maximum Gasteiger partial charge on any atom is 0.311 e. The second-order valence-corrected chi connectivity index (χ2v) is 7.37. The molecular weight excluding hydrogens is 392 g/mol. The van der Waals surface area contributed by atoms with Gasteiger partial charge in [-0.15, -0.1) is 11.8 Å². The van der Waals surface area contributed by atoms with Crippen molar-refractivity contribution in [1.82, 2.24) is 0 Å². The van der Waals surface area contributed by atoms with Gasteiger partial charge in [-0.3, -0.25) is 14.4 Å². The highest BCUT2D eigenvalue weighted by atomic mass is 32.2. The molecule has 8 heteroatoms. The number of carbonyl (C=O) groups is 3. The SMILES string of the molecule is COc1cccc(NC(=O)COC(=O)[C@@H]2CC(=O)N(c3cccc(SC)c3)C2)c1. The quantitative estimate of drug-likeness (QED) is 0.554. The summed E-state index contributed by atoms with van der Waals surface area (Å²) in [5, 5.41) is 2.64. The molecule has 0 saturated carbocycles. The number of thioether (sulfide) groups is 1. The highest BCUT2D eigenvalue weighted by Crippen LogP contribution is 2.28. The van der Waals surface area contributed by atoms with Crippen molar-refractivity contribution in [2.24, 2.45) is 5.92 Å². The van der Waals surface area contributed by atoms with Gasteiger partial charge in [0.2, 0.25) is 5.91 Å². The molecule has 0 spiro atoms. The third-order valence-electron chi connectivity index (χ3n) is 4.52. The minimum atomic E-state index is -0.593. The summed E-state index contributed by atoms with van der Waals surface area (Å²) in [6.45, 7) is -0.171. The van der Waals surface area contributed by atoms with Crippen molar-refractivity contribution in [2.45, 2.75) is 11.3 Å². The van der Waals surface area contributed by atoms with Crippen LogP contribution < -0.4 is 15.0 Å². The van der Waals surface area contributed by atoms with Gasteiger partial charge in [0, 0.05) is 35.3 Å². The summed E-state index contributed by atoms with van der Waals surface area (Å²) in [6.07, 6.45) is 2.03. The molecule has 1 saturated heterocycles. The van der Waals surface area contributed by atoms with Gasteiger partial charge in [0.1, 0.15) is 5.75 Å². The summed E-state index contributed by atoms with van der Waals surface area (Å²) in [7, 11) is 1.53. The molecule has 1 aliphatic heterocycles. The third-order valence-corrected chi connectivity index (χ3v) is 5.25. The lowest BCUT2D eigenvalue weighted by Gasteiger charge is -2.17. The number of rotatable bonds is 7. The summed E-state index contributed by atoms with van der Waals surface area (Å²) < 4.78 is 10.2. The molecule has 3 rings (SSSR count). The Morgan fingerprint density at radius 2 is 2.00 bits per heavy atom. The number of nitrogens with one attached hydrogen (secondary N) is 1. The Labute approximate surface area is 173 Å². The van der Waals surface area contributed by atoms with Crippen molar-refractivity contribution in [3.63, 3.8) is 0 Å². The van der Waals surface area contributed by atoms with Gasteiger partial charge in [-0.25, -0.2) is 0 Å². The Kier molecular flexibility index (Phi) is 6.77. The average molecular weight is 414 g/mol. The minimum absolute atomic E-state index is 0.0693. The molecule has 0 bridgehead atoms. The van der Waals surface area contributed by atoms with E-state index in [-0.39, 0.29) is 18.9 Å². The van der Waals surface area contributed by atoms with Gasteiger partial charge in [0.25, 0.3) is 5.91 Å². The van der Waals surface area contributed by atoms with Gasteiger partial charge < -0.3 is 19.7 Å². The molecular formula is C21H22N2O5S. The van der Waals surface area contributed by atoms with Gasteiger partial charge >= 0.3 is 5.97 Å². The molecule has 0 unspecified atom stereocenters. The zero-order valence-electron chi connectivity index (χ0n) is 16.2. The number of nitrogens with zero attached hydrogens (tertiary/aromatic N) is 1. The van der Waals surface area contributed by atoms with Crippen LogP contribution >= 0.6 is 11.8 Å². The fraction of sp³-hybridized carbons (Fsp3) is 0.286. The summed E-state index contributed by atoms with van der Waals surface area (Å²) >= 11 is 1.58. The van der Waals surface area contributed by atoms with Crippen LogP contribution in [0.2, 0.25) is 0 Å². The standard InChI is InChI=1S/C21H22N2O5S/c1-27-17-7-3-5-15(10-17)22-19(24)13-28-21(26)14-9-20(25)23(12-14)16-6-4-8-18(11-16)29-2/h3-8,10-11,14H,9,12-13H2,1-2H3,(H,22,24)/t14-/m1/s1. The Morgan fingerprint density at radius 1 is 1.21 bits per heavy atom. The van der Waals surface area contributed by atoms with Crippen molar-refractivity contribution < 1.29 is 23.9 Å². The molecule has 2 amide bonds. The Hall–Kier alpha value is -3.00. The number of hydrogen-bond acceptors (Lipinski definition) is 6. The Bertz CT molecular complexity index is 917. The highest BCUT2D eigenvalue weighted by molar-refractivity contribution is 7.98. The van der Waals surface area contributed by atoms with E-state index in [1.54, 1.807) is 40.9 Å². The summed E-state index contributed by atoms with van der Waals surface area (Å²) in [5.41, 5.74) is 1.30. The second kappa shape index (κ2) is 9.47. The van der Waals surface area contributed by atoms with Crippen molar-refractivity contribution in [3.05, 3.63) is 48.5 Å². The molecule has 1 fully saturated rings. The van der Waals surface area contributed by atoms with Crippen LogP contribution in [0.25, 0.3) is 0 Å². The van der Waals surface area contributed by atoms with Gasteiger partial charge in [-0.2, -0.15) is 0 Å². The molecule has 0 radical (unpaired) electrons. The number of methoxy groups -OCH3 is 1. The van der Waals surface area contributed by atoms with Crippen LogP contribution in [0.4, 0.5) is 11.4 Å². The lowest BCUT2D eigenvalue weighted by molar-refractivity contribution is -0.151. The van der Waals surface area contributed by atoms with E-state index in [4.69, 9.17) is 9.47 Å². The predicted octanol–water partition coefficient (Wildman–Crippen LogP) is 2.95. The summed E-state index contributed by atoms with van der Waals surface area (Å²) in [6, 6.07) is 14.5. The van der Waals surface area contributed by atoms with Gasteiger partial charge in [0.05, 0.1) is 13.0 Å². The molecule has 0 aromatic heterocycles. The van der Waals surface area contributed by atoms with E-state index in [0.717, 1.165) is 10.6 Å². The van der Waals surface area contributed by atoms with Crippen LogP contribution in [0.15, 0.2) is 53.4 Å². The van der Waals surface area contributed by atoms with E-state index in [0.29, 0.717) is 11.4 Å². The third kappa shape index (κ3) is 5.29. The molecule has 2 aromatic rings. The van der Waals surface area contributed by atoms with Crippen LogP contribution in [0.1, 0.15) is 6.42 Å². The molecule has 1 heterocycles. The number of anilines is 2. The zero-order chi connectivity index (χ0) is 20.8. The fourth-order valence-corrected chi connectivity index (χ4v) is 3.50. The Morgan fingerprint density at radius 3 is 2.76 bits per heavy atom. The summed E-state index contributed by atoms with van der Waals surface area (Å²) in [4.78, 5) is 39.4. The average Bonchev–Trinajstić information content (AvgIpc) is 3.14. The topological polar surface area (TPSA) is 84.9 Å². The van der Waals surface area contributed by atoms with Crippen molar-refractivity contribution >= 4 is 40.9 Å². The van der Waals surface area contributed by atoms with Crippen molar-refractivity contribution in [3.8, 4) is 5.75 Å². The van der Waals surface area contributed by atoms with Crippen LogP contribution in [0.5, 0.6) is 5.75 Å². The second-order valence-electron chi connectivity index (χ2n) is 6.49. The maximum absolute atomic E-state index is 12.3. The van der Waals surface area contributed by atoms with E-state index in [1.807, 2.05) is 30.5 Å². The van der Waals surface area contributed by atoms with Crippen LogP contribution in [0.3, 0.4) is 0 Å². The van der Waals surface area contributed by atoms with Crippen molar-refractivity contribution in [2.75, 3.05) is 36.7 Å². The van der Waals surface area contributed by atoms with Gasteiger partial charge in [-0.05, 0) is 36.6 Å². The van der Waals surface area contributed by atoms with Crippen LogP contribution in [-0.4, -0.2) is 44.3 Å². The lowest BCUT2D eigenvalue weighted by atomic mass is 10.1. The molecule has 152 valence electrons. The van der Waals surface area contributed by atoms with Gasteiger partial charge in [-0.1, -0.05) is 12.1 Å². The largest absolute Gasteiger partial charge is 0.497 e. The van der Waals surface area contributed by atoms with Crippen LogP contribution in [0, 0.1) is 5.92 Å². The minimum Gasteiger partial charge on any atom is -0.497 e. The maximum atomic E-state index is 12.3. The van der Waals surface area contributed by atoms with Gasteiger partial charge in [0.15, 0.2) is 6.61 Å². The Balaban J connectivity index is 1.53. The van der Waals surface area contributed by atoms with E-state index < -0.39 is 24.4 Å². The number of hydrogen-bond donors (Lipinski definition) is 1. The molecule has 0 aliphatic carbocycles. The molecule has 7 nitrogen and oxygen atoms in total. The van der Waals surface area contributed by atoms with E-state index in [9.17, 15) is 14.4 Å². The predicted molar refractivity (Wildman–Crippen MR) is 111 cm³/mol. The highest BCUT2D eigenvalue weighted by Gasteiger charge is 2.36. The molecule has 1 N–H and O–H groups in total. The zero-order valence-corrected chi connectivity index (χ0v) is 17.0. The smallest absolute Gasteiger partial charge is 0.311 e. The first-order chi connectivity index (χ1) is 14.0. The number of benzene rings is 2. The number of amides is 2. The molecule has 29 heavy (non-hydrogen) atoms. The number of ether oxygens (including phenoxy) is 2. The van der Waals surface area contributed by atoms with E-state index in [2.05, 4.69) is 5.32 Å². The van der Waals surface area contributed by atoms with Crippen molar-refractivity contribution in [1.29, 1.82) is 0 Å². The lowest BCUT2D eigenvalue weighted by Crippen LogP contribution is -2.28. The first-order valence-electron chi connectivity index (χ1n) is 9.05. The fourth-order valence-electron chi connectivity index (χ4n) is 3.05. The molecule has 2 aromatic carbocycles. The first kappa shape index (κ1) is 20.7. The van der Waals surface area contributed by atoms with E-state index in [1.165, 1.54) is 7.11 Å². The molecule has 1 atom stereocenters. The number of esters is 1. The first-order valence-corrected chi connectivity index (χ1v) is 10.3. The van der Waals surface area contributed by atoms with Crippen LogP contribution in [-0.2, 0) is 19.1 Å². The molecule has 1 aliphatic rings. The summed E-state index contributed by atoms with van der Waals surface area (Å²) in [5.74, 6) is -1.13. The number of carbonyl (C=O) groups excluding carboxylic acids is 3. The van der Waals surface area contributed by atoms with E-state index >= 15 is 0 Å².